The first-order valence-electron chi connectivity index (χ1n) is 12.3. The number of anilines is 1. The molecule has 2 N–H and O–H groups in total. The molecule has 1 aliphatic carbocycles. The molecule has 2 heterocycles. The predicted octanol–water partition coefficient (Wildman–Crippen LogP) is 3.83. The van der Waals surface area contributed by atoms with Crippen molar-refractivity contribution in [3.05, 3.63) is 30.1 Å². The summed E-state index contributed by atoms with van der Waals surface area (Å²) in [5.41, 5.74) is 1.58. The minimum Gasteiger partial charge on any atom is -0.369 e. The van der Waals surface area contributed by atoms with Gasteiger partial charge in [0.05, 0.1) is 0 Å². The van der Waals surface area contributed by atoms with Gasteiger partial charge >= 0.3 is 0 Å². The van der Waals surface area contributed by atoms with Crippen LogP contribution in [0.3, 0.4) is 0 Å². The second-order valence-corrected chi connectivity index (χ2v) is 9.80. The Hall–Kier alpha value is -1.37. The average Bonchev–Trinajstić information content (AvgIpc) is 3.18. The first-order valence-corrected chi connectivity index (χ1v) is 12.3. The first kappa shape index (κ1) is 25.3. The molecule has 1 atom stereocenters. The van der Waals surface area contributed by atoms with Crippen molar-refractivity contribution in [3.63, 3.8) is 0 Å². The van der Waals surface area contributed by atoms with Crippen LogP contribution < -0.4 is 15.5 Å². The van der Waals surface area contributed by atoms with Crippen molar-refractivity contribution in [2.24, 2.45) is 11.3 Å². The van der Waals surface area contributed by atoms with Crippen LogP contribution in [0, 0.1) is 17.2 Å². The predicted molar refractivity (Wildman–Crippen MR) is 131 cm³/mol. The van der Waals surface area contributed by atoms with Gasteiger partial charge in [-0.15, -0.1) is 12.4 Å². The number of rotatable bonds is 8. The summed E-state index contributed by atoms with van der Waals surface area (Å²) in [5, 5.41) is 6.75. The smallest absolute Gasteiger partial charge is 0.220 e. The van der Waals surface area contributed by atoms with E-state index in [4.69, 9.17) is 0 Å². The standard InChI is InChI=1S/C25H39FN4O.ClH/c26-22-6-8-23(9-7-22)30-17-15-29(16-18-30)14-4-13-28-24(31)10-5-21-19-27-20-25(21)11-2-1-3-12-25;/h6-9,21,27H,1-5,10-20H2,(H,28,31);1H. The molecule has 5 nitrogen and oxygen atoms in total. The van der Waals surface area contributed by atoms with Crippen LogP contribution in [0.5, 0.6) is 0 Å². The summed E-state index contributed by atoms with van der Waals surface area (Å²) >= 11 is 0. The number of nitrogens with one attached hydrogen (secondary N) is 2. The summed E-state index contributed by atoms with van der Waals surface area (Å²) in [4.78, 5) is 17.1. The first-order chi connectivity index (χ1) is 15.1. The summed E-state index contributed by atoms with van der Waals surface area (Å²) in [6.07, 6.45) is 9.51. The lowest BCUT2D eigenvalue weighted by Crippen LogP contribution is -2.47. The summed E-state index contributed by atoms with van der Waals surface area (Å²) in [7, 11) is 0. The van der Waals surface area contributed by atoms with E-state index in [9.17, 15) is 9.18 Å². The van der Waals surface area contributed by atoms with Crippen LogP contribution in [-0.2, 0) is 4.79 Å². The normalized spacial score (nSPS) is 23.2. The monoisotopic (exact) mass is 466 g/mol. The van der Waals surface area contributed by atoms with E-state index in [2.05, 4.69) is 20.4 Å². The Morgan fingerprint density at radius 1 is 1.09 bits per heavy atom. The van der Waals surface area contributed by atoms with Gasteiger partial charge in [0, 0.05) is 51.4 Å². The van der Waals surface area contributed by atoms with E-state index < -0.39 is 0 Å². The largest absolute Gasteiger partial charge is 0.369 e. The highest BCUT2D eigenvalue weighted by Crippen LogP contribution is 2.46. The van der Waals surface area contributed by atoms with Crippen LogP contribution >= 0.6 is 12.4 Å². The minimum atomic E-state index is -0.183. The highest BCUT2D eigenvalue weighted by molar-refractivity contribution is 5.85. The number of carbonyl (C=O) groups excluding carboxylic acids is 1. The van der Waals surface area contributed by atoms with E-state index in [1.54, 1.807) is 0 Å². The van der Waals surface area contributed by atoms with E-state index in [1.807, 2.05) is 12.1 Å². The average molecular weight is 467 g/mol. The topological polar surface area (TPSA) is 47.6 Å². The van der Waals surface area contributed by atoms with Gasteiger partial charge in [-0.1, -0.05) is 19.3 Å². The van der Waals surface area contributed by atoms with E-state index in [0.29, 0.717) is 17.8 Å². The van der Waals surface area contributed by atoms with Gasteiger partial charge in [-0.05, 0) is 74.4 Å². The molecular weight excluding hydrogens is 427 g/mol. The molecule has 0 aromatic heterocycles. The molecule has 1 aromatic carbocycles. The Morgan fingerprint density at radius 3 is 2.53 bits per heavy atom. The number of hydrogen-bond acceptors (Lipinski definition) is 4. The van der Waals surface area contributed by atoms with Crippen molar-refractivity contribution >= 4 is 24.0 Å². The van der Waals surface area contributed by atoms with Gasteiger partial charge < -0.3 is 15.5 Å². The molecule has 2 saturated heterocycles. The lowest BCUT2D eigenvalue weighted by atomic mass is 9.66. The third kappa shape index (κ3) is 6.58. The minimum absolute atomic E-state index is 0. The quantitative estimate of drug-likeness (QED) is 0.572. The molecule has 7 heteroatoms. The molecule has 1 saturated carbocycles. The molecule has 1 unspecified atom stereocenters. The molecule has 3 aliphatic rings. The number of carbonyl (C=O) groups is 1. The van der Waals surface area contributed by atoms with Crippen LogP contribution in [0.2, 0.25) is 0 Å². The molecule has 180 valence electrons. The number of piperazine rings is 1. The van der Waals surface area contributed by atoms with Crippen LogP contribution in [0.15, 0.2) is 24.3 Å². The van der Waals surface area contributed by atoms with Crippen LogP contribution in [0.25, 0.3) is 0 Å². The third-order valence-corrected chi connectivity index (χ3v) is 7.84. The number of nitrogens with zero attached hydrogens (tertiary/aromatic N) is 2. The number of amides is 1. The maximum Gasteiger partial charge on any atom is 0.220 e. The third-order valence-electron chi connectivity index (χ3n) is 7.84. The van der Waals surface area contributed by atoms with E-state index in [-0.39, 0.29) is 24.1 Å². The molecule has 4 rings (SSSR count). The molecule has 0 bridgehead atoms. The van der Waals surface area contributed by atoms with Gasteiger partial charge in [0.1, 0.15) is 5.82 Å². The summed E-state index contributed by atoms with van der Waals surface area (Å²) in [6, 6.07) is 6.78. The fraction of sp³-hybridized carbons (Fsp3) is 0.720. The lowest BCUT2D eigenvalue weighted by Gasteiger charge is -2.38. The molecule has 2 aliphatic heterocycles. The Bertz CT molecular complexity index is 702. The molecular formula is C25H40ClFN4O. The van der Waals surface area contributed by atoms with Gasteiger partial charge in [-0.3, -0.25) is 9.69 Å². The number of benzene rings is 1. The van der Waals surface area contributed by atoms with Crippen LogP contribution in [0.1, 0.15) is 51.4 Å². The summed E-state index contributed by atoms with van der Waals surface area (Å²) in [5.74, 6) is 0.716. The van der Waals surface area contributed by atoms with Crippen LogP contribution in [-0.4, -0.2) is 63.2 Å². The van der Waals surface area contributed by atoms with Gasteiger partial charge in [0.2, 0.25) is 5.91 Å². The Balaban J connectivity index is 0.00000289. The van der Waals surface area contributed by atoms with E-state index >= 15 is 0 Å². The van der Waals surface area contributed by atoms with Gasteiger partial charge in [-0.25, -0.2) is 4.39 Å². The van der Waals surface area contributed by atoms with Crippen molar-refractivity contribution in [2.75, 3.05) is 57.3 Å². The van der Waals surface area contributed by atoms with Crippen molar-refractivity contribution in [1.82, 2.24) is 15.5 Å². The van der Waals surface area contributed by atoms with Gasteiger partial charge in [-0.2, -0.15) is 0 Å². The maximum atomic E-state index is 13.1. The maximum absolute atomic E-state index is 13.1. The summed E-state index contributed by atoms with van der Waals surface area (Å²) < 4.78 is 13.1. The van der Waals surface area contributed by atoms with Gasteiger partial charge in [0.25, 0.3) is 0 Å². The number of halogens is 2. The zero-order chi connectivity index (χ0) is 21.5. The van der Waals surface area contributed by atoms with E-state index in [1.165, 1.54) is 44.2 Å². The van der Waals surface area contributed by atoms with Crippen molar-refractivity contribution in [1.29, 1.82) is 0 Å². The lowest BCUT2D eigenvalue weighted by molar-refractivity contribution is -0.121. The fourth-order valence-electron chi connectivity index (χ4n) is 5.91. The van der Waals surface area contributed by atoms with Crippen molar-refractivity contribution in [3.8, 4) is 0 Å². The second kappa shape index (κ2) is 12.2. The van der Waals surface area contributed by atoms with E-state index in [0.717, 1.165) is 70.9 Å². The fourth-order valence-corrected chi connectivity index (χ4v) is 5.91. The second-order valence-electron chi connectivity index (χ2n) is 9.80. The molecule has 3 fully saturated rings. The Morgan fingerprint density at radius 2 is 1.81 bits per heavy atom. The van der Waals surface area contributed by atoms with Crippen molar-refractivity contribution < 1.29 is 9.18 Å². The van der Waals surface area contributed by atoms with Gasteiger partial charge in [0.15, 0.2) is 0 Å². The number of hydrogen-bond donors (Lipinski definition) is 2. The highest BCUT2D eigenvalue weighted by atomic mass is 35.5. The zero-order valence-electron chi connectivity index (χ0n) is 19.3. The van der Waals surface area contributed by atoms with Crippen LogP contribution in [0.4, 0.5) is 10.1 Å². The Kier molecular flexibility index (Phi) is 9.62. The molecule has 1 aromatic rings. The zero-order valence-corrected chi connectivity index (χ0v) is 20.1. The SMILES string of the molecule is Cl.O=C(CCC1CNCC12CCCCC2)NCCCN1CCN(c2ccc(F)cc2)CC1. The highest BCUT2D eigenvalue weighted by Gasteiger charge is 2.42. The molecule has 0 radical (unpaired) electrons. The van der Waals surface area contributed by atoms with Crippen molar-refractivity contribution in [2.45, 2.75) is 51.4 Å². The molecule has 1 amide bonds. The molecule has 32 heavy (non-hydrogen) atoms. The Labute approximate surface area is 198 Å². The summed E-state index contributed by atoms with van der Waals surface area (Å²) in [6.45, 7) is 8.01. The molecule has 1 spiro atoms.